The second-order valence-corrected chi connectivity index (χ2v) is 6.48. The molecule has 120 valence electrons. The van der Waals surface area contributed by atoms with Gasteiger partial charge in [0.2, 0.25) is 0 Å². The molecule has 2 fully saturated rings. The van der Waals surface area contributed by atoms with Crippen LogP contribution < -0.4 is 5.32 Å². The summed E-state index contributed by atoms with van der Waals surface area (Å²) in [6, 6.07) is 0.524. The van der Waals surface area contributed by atoms with Crippen molar-refractivity contribution in [2.75, 3.05) is 33.2 Å². The maximum absolute atomic E-state index is 12.1. The van der Waals surface area contributed by atoms with Crippen molar-refractivity contribution in [2.24, 2.45) is 11.8 Å². The molecule has 6 nitrogen and oxygen atoms in total. The Morgan fingerprint density at radius 1 is 1.29 bits per heavy atom. The van der Waals surface area contributed by atoms with Gasteiger partial charge in [0.15, 0.2) is 0 Å². The second-order valence-electron chi connectivity index (χ2n) is 6.48. The van der Waals surface area contributed by atoms with E-state index in [9.17, 15) is 9.59 Å². The Balaban J connectivity index is 1.69. The van der Waals surface area contributed by atoms with E-state index in [0.29, 0.717) is 25.7 Å². The molecule has 0 aromatic rings. The summed E-state index contributed by atoms with van der Waals surface area (Å²) in [5.41, 5.74) is 0. The van der Waals surface area contributed by atoms with Crippen molar-refractivity contribution >= 4 is 12.0 Å². The van der Waals surface area contributed by atoms with Gasteiger partial charge in [0.25, 0.3) is 0 Å². The first-order valence-corrected chi connectivity index (χ1v) is 7.95. The molecular weight excluding hydrogens is 270 g/mol. The van der Waals surface area contributed by atoms with Gasteiger partial charge in [-0.3, -0.25) is 4.79 Å². The number of amides is 2. The van der Waals surface area contributed by atoms with Crippen LogP contribution in [0.1, 0.15) is 32.6 Å². The first kappa shape index (κ1) is 16.1. The van der Waals surface area contributed by atoms with Crippen LogP contribution in [0.2, 0.25) is 0 Å². The van der Waals surface area contributed by atoms with Crippen molar-refractivity contribution in [1.29, 1.82) is 0 Å². The van der Waals surface area contributed by atoms with Gasteiger partial charge in [0, 0.05) is 32.2 Å². The quantitative estimate of drug-likeness (QED) is 0.800. The largest absolute Gasteiger partial charge is 0.481 e. The molecule has 2 aliphatic rings. The van der Waals surface area contributed by atoms with Crippen LogP contribution in [-0.2, 0) is 4.79 Å². The van der Waals surface area contributed by atoms with Crippen LogP contribution in [0.3, 0.4) is 0 Å². The van der Waals surface area contributed by atoms with Crippen LogP contribution >= 0.6 is 0 Å². The van der Waals surface area contributed by atoms with E-state index in [2.05, 4.69) is 17.3 Å². The van der Waals surface area contributed by atoms with E-state index < -0.39 is 11.9 Å². The molecule has 0 bridgehead atoms. The Labute approximate surface area is 126 Å². The van der Waals surface area contributed by atoms with Gasteiger partial charge in [0.1, 0.15) is 0 Å². The highest BCUT2D eigenvalue weighted by Gasteiger charge is 2.36. The number of carboxylic acids is 1. The molecule has 2 amide bonds. The van der Waals surface area contributed by atoms with E-state index in [1.165, 1.54) is 25.7 Å². The smallest absolute Gasteiger partial charge is 0.317 e. The monoisotopic (exact) mass is 297 g/mol. The summed E-state index contributed by atoms with van der Waals surface area (Å²) in [5, 5.41) is 12.0. The van der Waals surface area contributed by atoms with Crippen LogP contribution in [0, 0.1) is 11.8 Å². The number of carbonyl (C=O) groups excluding carboxylic acids is 1. The SMILES string of the molecule is CC1CN(C(=O)NCCN(C)C2CCCC2)CC1C(=O)O. The van der Waals surface area contributed by atoms with E-state index in [-0.39, 0.29) is 11.9 Å². The van der Waals surface area contributed by atoms with Crippen LogP contribution in [-0.4, -0.2) is 66.2 Å². The van der Waals surface area contributed by atoms with Crippen molar-refractivity contribution in [3.05, 3.63) is 0 Å². The molecule has 0 radical (unpaired) electrons. The van der Waals surface area contributed by atoms with E-state index in [0.717, 1.165) is 6.54 Å². The Morgan fingerprint density at radius 3 is 2.52 bits per heavy atom. The standard InChI is InChI=1S/C15H27N3O3/c1-11-9-18(10-13(11)14(19)20)15(21)16-7-8-17(2)12-5-3-4-6-12/h11-13H,3-10H2,1-2H3,(H,16,21)(H,19,20). The summed E-state index contributed by atoms with van der Waals surface area (Å²) in [5.74, 6) is -1.22. The fourth-order valence-electron chi connectivity index (χ4n) is 3.43. The number of hydrogen-bond donors (Lipinski definition) is 2. The van der Waals surface area contributed by atoms with Gasteiger partial charge >= 0.3 is 12.0 Å². The fourth-order valence-corrected chi connectivity index (χ4v) is 3.43. The van der Waals surface area contributed by atoms with Crippen LogP contribution in [0.4, 0.5) is 4.79 Å². The van der Waals surface area contributed by atoms with Crippen molar-refractivity contribution < 1.29 is 14.7 Å². The Bertz CT molecular complexity index is 382. The van der Waals surface area contributed by atoms with Crippen LogP contribution in [0.5, 0.6) is 0 Å². The molecule has 2 atom stereocenters. The average Bonchev–Trinajstić information content (AvgIpc) is 3.07. The lowest BCUT2D eigenvalue weighted by Gasteiger charge is -2.24. The summed E-state index contributed by atoms with van der Waals surface area (Å²) in [7, 11) is 2.11. The fraction of sp³-hybridized carbons (Fsp3) is 0.867. The van der Waals surface area contributed by atoms with E-state index in [1.54, 1.807) is 4.90 Å². The highest BCUT2D eigenvalue weighted by Crippen LogP contribution is 2.23. The first-order valence-electron chi connectivity index (χ1n) is 7.95. The highest BCUT2D eigenvalue weighted by molar-refractivity contribution is 5.77. The lowest BCUT2D eigenvalue weighted by molar-refractivity contribution is -0.142. The minimum absolute atomic E-state index is 0.0226. The molecular formula is C15H27N3O3. The minimum Gasteiger partial charge on any atom is -0.481 e. The molecule has 1 saturated carbocycles. The summed E-state index contributed by atoms with van der Waals surface area (Å²) in [6.45, 7) is 4.21. The van der Waals surface area contributed by atoms with Crippen molar-refractivity contribution in [3.8, 4) is 0 Å². The van der Waals surface area contributed by atoms with E-state index in [1.807, 2.05) is 6.92 Å². The number of hydrogen-bond acceptors (Lipinski definition) is 3. The van der Waals surface area contributed by atoms with Crippen LogP contribution in [0.25, 0.3) is 0 Å². The highest BCUT2D eigenvalue weighted by atomic mass is 16.4. The lowest BCUT2D eigenvalue weighted by atomic mass is 9.99. The number of urea groups is 1. The molecule has 2 rings (SSSR count). The molecule has 1 heterocycles. The molecule has 0 aromatic carbocycles. The predicted molar refractivity (Wildman–Crippen MR) is 80.1 cm³/mol. The molecule has 6 heteroatoms. The summed E-state index contributed by atoms with van der Waals surface area (Å²) >= 11 is 0. The topological polar surface area (TPSA) is 72.9 Å². The molecule has 1 saturated heterocycles. The van der Waals surface area contributed by atoms with E-state index >= 15 is 0 Å². The van der Waals surface area contributed by atoms with Gasteiger partial charge in [-0.25, -0.2) is 4.79 Å². The molecule has 2 unspecified atom stereocenters. The molecule has 2 N–H and O–H groups in total. The van der Waals surface area contributed by atoms with Gasteiger partial charge in [0.05, 0.1) is 5.92 Å². The number of likely N-dealkylation sites (N-methyl/N-ethyl adjacent to an activating group) is 1. The predicted octanol–water partition coefficient (Wildman–Crippen LogP) is 1.22. The first-order chi connectivity index (χ1) is 9.99. The zero-order valence-corrected chi connectivity index (χ0v) is 13.0. The van der Waals surface area contributed by atoms with Gasteiger partial charge in [-0.2, -0.15) is 0 Å². The number of nitrogens with one attached hydrogen (secondary N) is 1. The summed E-state index contributed by atoms with van der Waals surface area (Å²) < 4.78 is 0. The van der Waals surface area contributed by atoms with Crippen molar-refractivity contribution in [2.45, 2.75) is 38.6 Å². The van der Waals surface area contributed by atoms with Gasteiger partial charge in [-0.1, -0.05) is 19.8 Å². The Kier molecular flexibility index (Phi) is 5.45. The minimum atomic E-state index is -0.807. The normalized spacial score (nSPS) is 26.5. The Hall–Kier alpha value is -1.30. The van der Waals surface area contributed by atoms with Gasteiger partial charge in [-0.05, 0) is 25.8 Å². The maximum atomic E-state index is 12.1. The van der Waals surface area contributed by atoms with Crippen molar-refractivity contribution in [1.82, 2.24) is 15.1 Å². The number of aliphatic carboxylic acids is 1. The Morgan fingerprint density at radius 2 is 1.95 bits per heavy atom. The molecule has 0 spiro atoms. The van der Waals surface area contributed by atoms with Crippen molar-refractivity contribution in [3.63, 3.8) is 0 Å². The molecule has 1 aliphatic carbocycles. The van der Waals surface area contributed by atoms with Gasteiger partial charge < -0.3 is 20.2 Å². The molecule has 21 heavy (non-hydrogen) atoms. The summed E-state index contributed by atoms with van der Waals surface area (Å²) in [6.07, 6.45) is 5.13. The zero-order chi connectivity index (χ0) is 15.4. The second kappa shape index (κ2) is 7.11. The average molecular weight is 297 g/mol. The van der Waals surface area contributed by atoms with E-state index in [4.69, 9.17) is 5.11 Å². The number of likely N-dealkylation sites (tertiary alicyclic amines) is 1. The third-order valence-corrected chi connectivity index (χ3v) is 4.91. The summed E-state index contributed by atoms with van der Waals surface area (Å²) in [4.78, 5) is 27.1. The third-order valence-electron chi connectivity index (χ3n) is 4.91. The number of rotatable bonds is 5. The molecule has 0 aromatic heterocycles. The zero-order valence-electron chi connectivity index (χ0n) is 13.0. The maximum Gasteiger partial charge on any atom is 0.317 e. The van der Waals surface area contributed by atoms with Crippen LogP contribution in [0.15, 0.2) is 0 Å². The number of carboxylic acid groups (broad SMARTS) is 1. The number of nitrogens with zero attached hydrogens (tertiary/aromatic N) is 2. The lowest BCUT2D eigenvalue weighted by Crippen LogP contribution is -2.43. The third kappa shape index (κ3) is 4.09. The van der Waals surface area contributed by atoms with Gasteiger partial charge in [-0.15, -0.1) is 0 Å². The molecule has 1 aliphatic heterocycles. The number of carbonyl (C=O) groups is 2.